The van der Waals surface area contributed by atoms with Crippen molar-refractivity contribution in [2.24, 2.45) is 5.41 Å². The first kappa shape index (κ1) is 19.9. The van der Waals surface area contributed by atoms with Gasteiger partial charge in [-0.25, -0.2) is 4.79 Å². The Bertz CT molecular complexity index is 802. The van der Waals surface area contributed by atoms with Crippen molar-refractivity contribution >= 4 is 23.6 Å². The van der Waals surface area contributed by atoms with Crippen LogP contribution in [0, 0.1) is 5.41 Å². The summed E-state index contributed by atoms with van der Waals surface area (Å²) in [6.45, 7) is 2.57. The molecule has 2 heterocycles. The largest absolute Gasteiger partial charge is 0.468 e. The van der Waals surface area contributed by atoms with Gasteiger partial charge in [0.05, 0.1) is 44.6 Å². The molecular formula is C21H25NO6. The van der Waals surface area contributed by atoms with E-state index in [-0.39, 0.29) is 24.6 Å². The number of carbonyl (C=O) groups excluding carboxylic acids is 3. The number of fused-ring (bicyclic) bond motifs is 1. The highest BCUT2D eigenvalue weighted by molar-refractivity contribution is 6.08. The molecule has 0 N–H and O–H groups in total. The average Bonchev–Trinajstić information content (AvgIpc) is 3.28. The van der Waals surface area contributed by atoms with Crippen molar-refractivity contribution in [2.45, 2.75) is 32.2 Å². The van der Waals surface area contributed by atoms with E-state index in [2.05, 4.69) is 0 Å². The molecule has 1 aromatic rings. The Morgan fingerprint density at radius 3 is 2.46 bits per heavy atom. The van der Waals surface area contributed by atoms with Gasteiger partial charge < -0.3 is 19.1 Å². The molecule has 150 valence electrons. The van der Waals surface area contributed by atoms with Crippen LogP contribution >= 0.6 is 0 Å². The van der Waals surface area contributed by atoms with Gasteiger partial charge in [-0.2, -0.15) is 0 Å². The molecule has 0 aliphatic carbocycles. The second-order valence-corrected chi connectivity index (χ2v) is 6.88. The van der Waals surface area contributed by atoms with Crippen LogP contribution in [0.3, 0.4) is 0 Å². The van der Waals surface area contributed by atoms with Gasteiger partial charge in [0.25, 0.3) is 0 Å². The molecule has 3 rings (SSSR count). The van der Waals surface area contributed by atoms with E-state index < -0.39 is 23.3 Å². The van der Waals surface area contributed by atoms with Gasteiger partial charge in [-0.3, -0.25) is 9.59 Å². The van der Waals surface area contributed by atoms with Crippen molar-refractivity contribution in [3.63, 3.8) is 0 Å². The second-order valence-electron chi connectivity index (χ2n) is 6.88. The molecule has 1 aromatic carbocycles. The monoisotopic (exact) mass is 387 g/mol. The van der Waals surface area contributed by atoms with Gasteiger partial charge in [0.2, 0.25) is 0 Å². The van der Waals surface area contributed by atoms with E-state index in [0.29, 0.717) is 18.7 Å². The molecule has 7 heteroatoms. The molecule has 0 unspecified atom stereocenters. The number of nitrogens with zero attached hydrogens (tertiary/aromatic N) is 1. The number of hydrogen-bond donors (Lipinski definition) is 0. The molecule has 0 spiro atoms. The number of hydrogen-bond acceptors (Lipinski definition) is 7. The van der Waals surface area contributed by atoms with E-state index in [9.17, 15) is 14.4 Å². The Morgan fingerprint density at radius 2 is 1.86 bits per heavy atom. The number of ether oxygens (including phenoxy) is 3. The molecule has 28 heavy (non-hydrogen) atoms. The first-order chi connectivity index (χ1) is 13.5. The summed E-state index contributed by atoms with van der Waals surface area (Å²) in [5, 5.41) is 0. The zero-order valence-corrected chi connectivity index (χ0v) is 16.4. The maximum absolute atomic E-state index is 13.1. The van der Waals surface area contributed by atoms with Crippen molar-refractivity contribution in [2.75, 3.05) is 27.4 Å². The van der Waals surface area contributed by atoms with Gasteiger partial charge >= 0.3 is 17.9 Å². The van der Waals surface area contributed by atoms with Crippen LogP contribution in [-0.2, 0) is 28.6 Å². The van der Waals surface area contributed by atoms with E-state index in [1.54, 1.807) is 6.92 Å². The minimum absolute atomic E-state index is 0.172. The zero-order valence-electron chi connectivity index (χ0n) is 16.4. The summed E-state index contributed by atoms with van der Waals surface area (Å²) < 4.78 is 15.3. The number of benzene rings is 1. The third-order valence-electron chi connectivity index (χ3n) is 5.51. The highest BCUT2D eigenvalue weighted by Crippen LogP contribution is 2.55. The van der Waals surface area contributed by atoms with Crippen LogP contribution in [0.5, 0.6) is 0 Å². The number of esters is 3. The van der Waals surface area contributed by atoms with Crippen molar-refractivity contribution in [1.29, 1.82) is 0 Å². The van der Waals surface area contributed by atoms with Crippen molar-refractivity contribution in [3.05, 3.63) is 41.5 Å². The molecule has 0 aromatic heterocycles. The first-order valence-electron chi connectivity index (χ1n) is 9.40. The van der Waals surface area contributed by atoms with Gasteiger partial charge in [-0.15, -0.1) is 0 Å². The third kappa shape index (κ3) is 3.04. The van der Waals surface area contributed by atoms with Gasteiger partial charge in [-0.05, 0) is 25.3 Å². The molecule has 1 saturated heterocycles. The van der Waals surface area contributed by atoms with Crippen LogP contribution in [0.2, 0.25) is 0 Å². The predicted molar refractivity (Wildman–Crippen MR) is 101 cm³/mol. The lowest BCUT2D eigenvalue weighted by molar-refractivity contribution is -0.162. The Hall–Kier alpha value is -2.83. The fourth-order valence-corrected chi connectivity index (χ4v) is 4.49. The zero-order chi connectivity index (χ0) is 20.3. The van der Waals surface area contributed by atoms with Crippen molar-refractivity contribution in [1.82, 2.24) is 4.90 Å². The van der Waals surface area contributed by atoms with Crippen LogP contribution < -0.4 is 0 Å². The summed E-state index contributed by atoms with van der Waals surface area (Å²) >= 11 is 0. The minimum atomic E-state index is -1.46. The smallest absolute Gasteiger partial charge is 0.337 e. The van der Waals surface area contributed by atoms with E-state index in [0.717, 1.165) is 12.0 Å². The Balaban J connectivity index is 2.28. The molecular weight excluding hydrogens is 362 g/mol. The fourth-order valence-electron chi connectivity index (χ4n) is 4.49. The maximum Gasteiger partial charge on any atom is 0.337 e. The van der Waals surface area contributed by atoms with Crippen molar-refractivity contribution in [3.8, 4) is 0 Å². The summed E-state index contributed by atoms with van der Waals surface area (Å²) in [6, 6.07) is 9.01. The van der Waals surface area contributed by atoms with Crippen LogP contribution in [0.4, 0.5) is 0 Å². The van der Waals surface area contributed by atoms with Crippen LogP contribution in [0.1, 0.15) is 31.7 Å². The van der Waals surface area contributed by atoms with Gasteiger partial charge in [0, 0.05) is 6.54 Å². The lowest BCUT2D eigenvalue weighted by Crippen LogP contribution is -2.48. The summed E-state index contributed by atoms with van der Waals surface area (Å²) in [7, 11) is 2.54. The molecule has 0 saturated carbocycles. The SMILES string of the molecule is CCOC(=O)C[C@]1(C(=O)OC)C(C(=O)OC)=C(c2ccccc2)N2CCC[C@@H]21. The molecule has 2 atom stereocenters. The molecule has 0 radical (unpaired) electrons. The van der Waals surface area contributed by atoms with E-state index in [1.807, 2.05) is 35.2 Å². The lowest BCUT2D eigenvalue weighted by atomic mass is 9.71. The summed E-state index contributed by atoms with van der Waals surface area (Å²) in [4.78, 5) is 40.6. The maximum atomic E-state index is 13.1. The standard InChI is InChI=1S/C21H25NO6/c1-4-28-16(23)13-21(20(25)27-3)15-11-8-12-22(15)18(17(21)19(24)26-2)14-9-6-5-7-10-14/h5-7,9-10,15H,4,8,11-13H2,1-3H3/t15-,21-/m1/s1. The summed E-state index contributed by atoms with van der Waals surface area (Å²) in [5.74, 6) is -1.80. The topological polar surface area (TPSA) is 82.1 Å². The molecule has 2 aliphatic heterocycles. The van der Waals surface area contributed by atoms with Crippen LogP contribution in [0.25, 0.3) is 5.70 Å². The van der Waals surface area contributed by atoms with E-state index >= 15 is 0 Å². The minimum Gasteiger partial charge on any atom is -0.468 e. The molecule has 0 bridgehead atoms. The quantitative estimate of drug-likeness (QED) is 0.546. The molecule has 1 fully saturated rings. The highest BCUT2D eigenvalue weighted by atomic mass is 16.5. The third-order valence-corrected chi connectivity index (χ3v) is 5.51. The lowest BCUT2D eigenvalue weighted by Gasteiger charge is -2.33. The Kier molecular flexibility index (Phi) is 5.72. The molecule has 2 aliphatic rings. The van der Waals surface area contributed by atoms with Gasteiger partial charge in [0.15, 0.2) is 0 Å². The van der Waals surface area contributed by atoms with E-state index in [4.69, 9.17) is 14.2 Å². The summed E-state index contributed by atoms with van der Waals surface area (Å²) in [6.07, 6.45) is 1.23. The van der Waals surface area contributed by atoms with Crippen molar-refractivity contribution < 1.29 is 28.6 Å². The normalized spacial score (nSPS) is 23.4. The molecule has 7 nitrogen and oxygen atoms in total. The second kappa shape index (κ2) is 8.04. The van der Waals surface area contributed by atoms with Crippen LogP contribution in [0.15, 0.2) is 35.9 Å². The van der Waals surface area contributed by atoms with Gasteiger partial charge in [0.1, 0.15) is 5.41 Å². The number of carbonyl (C=O) groups is 3. The molecule has 0 amide bonds. The van der Waals surface area contributed by atoms with E-state index in [1.165, 1.54) is 14.2 Å². The Morgan fingerprint density at radius 1 is 1.14 bits per heavy atom. The number of methoxy groups -OCH3 is 2. The Labute approximate surface area is 164 Å². The fraction of sp³-hybridized carbons (Fsp3) is 0.476. The first-order valence-corrected chi connectivity index (χ1v) is 9.40. The number of rotatable bonds is 6. The van der Waals surface area contributed by atoms with Crippen LogP contribution in [-0.4, -0.2) is 56.2 Å². The summed E-state index contributed by atoms with van der Waals surface area (Å²) in [5.41, 5.74) is 0.135. The highest BCUT2D eigenvalue weighted by Gasteiger charge is 2.63. The van der Waals surface area contributed by atoms with Gasteiger partial charge in [-0.1, -0.05) is 30.3 Å². The average molecular weight is 387 g/mol. The predicted octanol–water partition coefficient (Wildman–Crippen LogP) is 2.16.